The second-order valence-corrected chi connectivity index (χ2v) is 10.8. The largest absolute Gasteiger partial charge is 0.490 e. The highest BCUT2D eigenvalue weighted by atomic mass is 19.4. The number of nitrogens with zero attached hydrogens (tertiary/aromatic N) is 1. The Balaban J connectivity index is 0.000000617. The minimum absolute atomic E-state index is 0.157. The molecule has 3 aromatic carbocycles. The molecule has 1 heterocycles. The van der Waals surface area contributed by atoms with Crippen molar-refractivity contribution in [2.24, 2.45) is 5.73 Å². The van der Waals surface area contributed by atoms with E-state index in [1.807, 2.05) is 30.3 Å². The highest BCUT2D eigenvalue weighted by molar-refractivity contribution is 6.30. The summed E-state index contributed by atoms with van der Waals surface area (Å²) in [7, 11) is 0. The number of carbonyl (C=O) groups is 5. The number of carboxylic acid groups (broad SMARTS) is 1. The molecule has 0 unspecified atom stereocenters. The van der Waals surface area contributed by atoms with Gasteiger partial charge in [-0.15, -0.1) is 0 Å². The molecule has 5 rings (SSSR count). The van der Waals surface area contributed by atoms with Crippen LogP contribution in [0.15, 0.2) is 72.8 Å². The van der Waals surface area contributed by atoms with E-state index < -0.39 is 24.2 Å². The maximum absolute atomic E-state index is 13.1. The highest BCUT2D eigenvalue weighted by Crippen LogP contribution is 2.32. The van der Waals surface area contributed by atoms with E-state index in [1.54, 1.807) is 47.4 Å². The zero-order valence-electron chi connectivity index (χ0n) is 24.7. The fraction of sp³-hybridized carbons (Fsp3) is 0.303. The van der Waals surface area contributed by atoms with E-state index in [0.29, 0.717) is 66.8 Å². The Morgan fingerprint density at radius 1 is 0.891 bits per heavy atom. The molecule has 1 aliphatic heterocycles. The monoisotopic (exact) mass is 638 g/mol. The lowest BCUT2D eigenvalue weighted by Gasteiger charge is -2.27. The third-order valence-electron chi connectivity index (χ3n) is 7.62. The van der Waals surface area contributed by atoms with Crippen LogP contribution >= 0.6 is 0 Å². The van der Waals surface area contributed by atoms with Crippen LogP contribution < -0.4 is 16.4 Å². The first-order chi connectivity index (χ1) is 21.9. The number of hydrogen-bond acceptors (Lipinski definition) is 7. The van der Waals surface area contributed by atoms with Crippen LogP contribution in [0.4, 0.5) is 18.9 Å². The van der Waals surface area contributed by atoms with Gasteiger partial charge in [-0.25, -0.2) is 4.79 Å². The van der Waals surface area contributed by atoms with Crippen LogP contribution in [-0.2, 0) is 20.8 Å². The maximum atomic E-state index is 13.1. The zero-order chi connectivity index (χ0) is 33.4. The molecule has 5 N–H and O–H groups in total. The Morgan fingerprint density at radius 2 is 1.50 bits per heavy atom. The van der Waals surface area contributed by atoms with Gasteiger partial charge < -0.3 is 26.4 Å². The van der Waals surface area contributed by atoms with Gasteiger partial charge in [0.15, 0.2) is 11.6 Å². The fourth-order valence-corrected chi connectivity index (χ4v) is 5.40. The van der Waals surface area contributed by atoms with Crippen molar-refractivity contribution >= 4 is 35.0 Å². The molecule has 0 bridgehead atoms. The first-order valence-corrected chi connectivity index (χ1v) is 14.6. The van der Waals surface area contributed by atoms with Gasteiger partial charge in [0, 0.05) is 42.0 Å². The Bertz CT molecular complexity index is 1610. The molecule has 2 aliphatic rings. The quantitative estimate of drug-likeness (QED) is 0.203. The van der Waals surface area contributed by atoms with E-state index in [4.69, 9.17) is 15.6 Å². The number of nitrogens with one attached hydrogen (secondary N) is 2. The lowest BCUT2D eigenvalue weighted by molar-refractivity contribution is -0.192. The number of fused-ring (bicyclic) bond motifs is 2. The predicted octanol–water partition coefficient (Wildman–Crippen LogP) is 3.57. The number of halogens is 3. The van der Waals surface area contributed by atoms with Crippen LogP contribution in [0.5, 0.6) is 0 Å². The summed E-state index contributed by atoms with van der Waals surface area (Å²) in [5.74, 6) is -3.47. The number of amides is 2. The maximum Gasteiger partial charge on any atom is 0.490 e. The van der Waals surface area contributed by atoms with Gasteiger partial charge in [0.05, 0.1) is 11.6 Å². The van der Waals surface area contributed by atoms with Gasteiger partial charge >= 0.3 is 12.1 Å². The topological polar surface area (TPSA) is 159 Å². The summed E-state index contributed by atoms with van der Waals surface area (Å²) in [6.45, 7) is 1.43. The normalized spacial score (nSPS) is 16.0. The highest BCUT2D eigenvalue weighted by Gasteiger charge is 2.38. The number of nitrogens with two attached hydrogens (primary N) is 1. The molecule has 0 aromatic heterocycles. The molecule has 0 spiro atoms. The average molecular weight is 639 g/mol. The van der Waals surface area contributed by atoms with Crippen LogP contribution in [0.1, 0.15) is 56.7 Å². The third-order valence-corrected chi connectivity index (χ3v) is 7.62. The summed E-state index contributed by atoms with van der Waals surface area (Å²) < 4.78 is 31.7. The number of alkyl halides is 3. The minimum atomic E-state index is -5.08. The molecule has 10 nitrogen and oxygen atoms in total. The second kappa shape index (κ2) is 14.8. The zero-order valence-corrected chi connectivity index (χ0v) is 24.7. The van der Waals surface area contributed by atoms with E-state index >= 15 is 0 Å². The average Bonchev–Trinajstić information content (AvgIpc) is 3.53. The van der Waals surface area contributed by atoms with Crippen molar-refractivity contribution in [2.75, 3.05) is 25.0 Å². The van der Waals surface area contributed by atoms with Gasteiger partial charge in [0.1, 0.15) is 6.04 Å². The molecule has 242 valence electrons. The van der Waals surface area contributed by atoms with Crippen molar-refractivity contribution in [2.45, 2.75) is 43.9 Å². The van der Waals surface area contributed by atoms with E-state index in [-0.39, 0.29) is 23.4 Å². The molecule has 1 aliphatic carbocycles. The van der Waals surface area contributed by atoms with Crippen LogP contribution in [-0.4, -0.2) is 77.3 Å². The molecule has 2 amide bonds. The Hall–Kier alpha value is -5.04. The number of aliphatic carboxylic acids is 1. The number of anilines is 1. The lowest BCUT2D eigenvalue weighted by Crippen LogP contribution is -2.52. The van der Waals surface area contributed by atoms with Gasteiger partial charge in [-0.05, 0) is 37.3 Å². The number of rotatable bonds is 9. The number of benzene rings is 3. The van der Waals surface area contributed by atoms with Gasteiger partial charge in [0.25, 0.3) is 0 Å². The molecule has 2 atom stereocenters. The van der Waals surface area contributed by atoms with Gasteiger partial charge in [0.2, 0.25) is 11.8 Å². The number of carboxylic acids is 1. The van der Waals surface area contributed by atoms with Crippen LogP contribution in [0.2, 0.25) is 0 Å². The molecule has 0 saturated carbocycles. The van der Waals surface area contributed by atoms with Crippen LogP contribution in [0, 0.1) is 0 Å². The molecular weight excluding hydrogens is 605 g/mol. The first-order valence-electron chi connectivity index (χ1n) is 14.6. The third kappa shape index (κ3) is 7.96. The van der Waals surface area contributed by atoms with E-state index in [2.05, 4.69) is 10.6 Å². The molecule has 1 saturated heterocycles. The van der Waals surface area contributed by atoms with Gasteiger partial charge in [-0.3, -0.25) is 19.2 Å². The molecule has 3 aromatic rings. The van der Waals surface area contributed by atoms with Crippen molar-refractivity contribution in [1.29, 1.82) is 0 Å². The lowest BCUT2D eigenvalue weighted by atomic mass is 9.83. The predicted molar refractivity (Wildman–Crippen MR) is 162 cm³/mol. The van der Waals surface area contributed by atoms with Crippen molar-refractivity contribution in [1.82, 2.24) is 10.2 Å². The molecule has 0 radical (unpaired) electrons. The van der Waals surface area contributed by atoms with Crippen molar-refractivity contribution < 1.29 is 42.3 Å². The van der Waals surface area contributed by atoms with Gasteiger partial charge in [-0.2, -0.15) is 13.2 Å². The molecule has 1 fully saturated rings. The minimum Gasteiger partial charge on any atom is -0.475 e. The summed E-state index contributed by atoms with van der Waals surface area (Å²) in [4.78, 5) is 62.5. The van der Waals surface area contributed by atoms with Crippen molar-refractivity contribution in [3.05, 3.63) is 101 Å². The number of carbonyl (C=O) groups excluding carboxylic acids is 4. The molecular formula is C33H33F3N4O6. The number of likely N-dealkylation sites (tertiary alicyclic amines) is 1. The summed E-state index contributed by atoms with van der Waals surface area (Å²) in [6.07, 6.45) is -2.68. The standard InChI is InChI=1S/C31H32N4O4.C2HF3O2/c32-24(19-20-9-2-1-3-10-20)31(39)35-18-7-15-26(35)30(38)34-17-8-16-33-25-14-6-13-23-27(25)29(37)22-12-5-4-11-21(22)28(23)36;3-2(4,5)1(6)7/h1-6,9-14,24,26,33H,7-8,15-19,32H2,(H,34,38);(H,6,7)/t24-,26-;/m0./s1. The van der Waals surface area contributed by atoms with Crippen LogP contribution in [0.3, 0.4) is 0 Å². The fourth-order valence-electron chi connectivity index (χ4n) is 5.40. The Morgan fingerprint density at radius 3 is 2.15 bits per heavy atom. The Kier molecular flexibility index (Phi) is 10.9. The number of hydrogen-bond donors (Lipinski definition) is 4. The summed E-state index contributed by atoms with van der Waals surface area (Å²) in [5, 5.41) is 13.3. The SMILES string of the molecule is N[C@@H](Cc1ccccc1)C(=O)N1CCC[C@H]1C(=O)NCCCNc1cccc2c1C(=O)c1ccccc1C2=O.O=C(O)C(F)(F)F. The van der Waals surface area contributed by atoms with Gasteiger partial charge in [-0.1, -0.05) is 66.7 Å². The molecule has 46 heavy (non-hydrogen) atoms. The second-order valence-electron chi connectivity index (χ2n) is 10.8. The van der Waals surface area contributed by atoms with E-state index in [1.165, 1.54) is 0 Å². The number of ketones is 2. The van der Waals surface area contributed by atoms with E-state index in [9.17, 15) is 32.3 Å². The molecule has 13 heteroatoms. The summed E-state index contributed by atoms with van der Waals surface area (Å²) in [5.41, 5.74) is 9.42. The van der Waals surface area contributed by atoms with Crippen molar-refractivity contribution in [3.63, 3.8) is 0 Å². The smallest absolute Gasteiger partial charge is 0.475 e. The summed E-state index contributed by atoms with van der Waals surface area (Å²) >= 11 is 0. The van der Waals surface area contributed by atoms with E-state index in [0.717, 1.165) is 12.0 Å². The van der Waals surface area contributed by atoms with Crippen LogP contribution in [0.25, 0.3) is 0 Å². The van der Waals surface area contributed by atoms with Crippen molar-refractivity contribution in [3.8, 4) is 0 Å². The Labute approximate surface area is 262 Å². The summed E-state index contributed by atoms with van der Waals surface area (Å²) in [6, 6.07) is 20.5. The first kappa shape index (κ1) is 33.8.